The minimum atomic E-state index is 0.500. The average Bonchev–Trinajstić information content (AvgIpc) is 2.44. The van der Waals surface area contributed by atoms with E-state index in [0.29, 0.717) is 5.75 Å². The fraction of sp³-hybridized carbons (Fsp3) is 0.647. The van der Waals surface area contributed by atoms with E-state index in [0.717, 1.165) is 29.6 Å². The van der Waals surface area contributed by atoms with Gasteiger partial charge in [-0.3, -0.25) is 4.90 Å². The van der Waals surface area contributed by atoms with Crippen molar-refractivity contribution in [3.63, 3.8) is 0 Å². The summed E-state index contributed by atoms with van der Waals surface area (Å²) in [5, 5.41) is 10.2. The highest BCUT2D eigenvalue weighted by Gasteiger charge is 2.33. The molecule has 0 bridgehead atoms. The van der Waals surface area contributed by atoms with Crippen molar-refractivity contribution in [2.45, 2.75) is 58.0 Å². The van der Waals surface area contributed by atoms with Gasteiger partial charge >= 0.3 is 0 Å². The second kappa shape index (κ2) is 5.54. The van der Waals surface area contributed by atoms with Gasteiger partial charge < -0.3 is 5.11 Å². The molecule has 1 heterocycles. The maximum absolute atomic E-state index is 10.2. The van der Waals surface area contributed by atoms with Crippen LogP contribution in [0.3, 0.4) is 0 Å². The van der Waals surface area contributed by atoms with Gasteiger partial charge in [-0.05, 0) is 50.6 Å². The van der Waals surface area contributed by atoms with E-state index < -0.39 is 0 Å². The van der Waals surface area contributed by atoms with Crippen molar-refractivity contribution in [2.24, 2.45) is 5.92 Å². The predicted molar refractivity (Wildman–Crippen MR) is 78.2 cm³/mol. The van der Waals surface area contributed by atoms with Crippen LogP contribution in [0.1, 0.15) is 49.7 Å². The number of phenols is 1. The molecule has 1 aromatic rings. The van der Waals surface area contributed by atoms with Gasteiger partial charge in [-0.1, -0.05) is 31.0 Å². The number of benzene rings is 1. The molecule has 1 aliphatic heterocycles. The Bertz CT molecular complexity index is 441. The molecular weight excluding hydrogens is 234 g/mol. The molecule has 2 atom stereocenters. The van der Waals surface area contributed by atoms with Crippen molar-refractivity contribution in [2.75, 3.05) is 6.54 Å². The molecule has 0 amide bonds. The van der Waals surface area contributed by atoms with Gasteiger partial charge in [0.05, 0.1) is 0 Å². The molecule has 19 heavy (non-hydrogen) atoms. The Morgan fingerprint density at radius 2 is 1.95 bits per heavy atom. The number of aryl methyl sites for hydroxylation is 1. The molecule has 2 heteroatoms. The first kappa shape index (κ1) is 13.0. The monoisotopic (exact) mass is 259 g/mol. The number of rotatable bonds is 2. The molecule has 0 aromatic heterocycles. The van der Waals surface area contributed by atoms with E-state index in [4.69, 9.17) is 0 Å². The molecule has 1 aromatic carbocycles. The molecular formula is C17H25NO. The summed E-state index contributed by atoms with van der Waals surface area (Å²) in [7, 11) is 0. The van der Waals surface area contributed by atoms with Crippen molar-refractivity contribution >= 4 is 0 Å². The first-order valence-corrected chi connectivity index (χ1v) is 7.77. The number of nitrogens with zero attached hydrogens (tertiary/aromatic N) is 1. The lowest BCUT2D eigenvalue weighted by Crippen LogP contribution is -2.46. The predicted octanol–water partition coefficient (Wildman–Crippen LogP) is 3.86. The van der Waals surface area contributed by atoms with E-state index >= 15 is 0 Å². The molecule has 2 fully saturated rings. The van der Waals surface area contributed by atoms with E-state index in [1.807, 2.05) is 13.0 Å². The normalized spacial score (nSPS) is 28.1. The van der Waals surface area contributed by atoms with Crippen molar-refractivity contribution in [1.29, 1.82) is 0 Å². The van der Waals surface area contributed by atoms with Crippen LogP contribution in [-0.4, -0.2) is 22.6 Å². The summed E-state index contributed by atoms with van der Waals surface area (Å²) in [4.78, 5) is 2.63. The number of piperidine rings is 1. The summed E-state index contributed by atoms with van der Waals surface area (Å²) in [5.41, 5.74) is 2.10. The topological polar surface area (TPSA) is 23.5 Å². The van der Waals surface area contributed by atoms with Gasteiger partial charge in [0.15, 0.2) is 0 Å². The van der Waals surface area contributed by atoms with Gasteiger partial charge in [0.1, 0.15) is 5.75 Å². The number of para-hydroxylation sites is 1. The zero-order chi connectivity index (χ0) is 13.2. The van der Waals surface area contributed by atoms with Crippen molar-refractivity contribution in [3.8, 4) is 5.75 Å². The van der Waals surface area contributed by atoms with Gasteiger partial charge in [-0.25, -0.2) is 0 Å². The van der Waals surface area contributed by atoms with Crippen LogP contribution in [-0.2, 0) is 6.54 Å². The van der Waals surface area contributed by atoms with Crippen LogP contribution >= 0.6 is 0 Å². The zero-order valence-electron chi connectivity index (χ0n) is 11.9. The van der Waals surface area contributed by atoms with Crippen LogP contribution in [0.5, 0.6) is 5.75 Å². The molecule has 1 saturated carbocycles. The average molecular weight is 259 g/mol. The molecule has 104 valence electrons. The molecule has 2 unspecified atom stereocenters. The molecule has 2 nitrogen and oxygen atoms in total. The quantitative estimate of drug-likeness (QED) is 0.872. The Hall–Kier alpha value is -1.02. The number of likely N-dealkylation sites (tertiary alicyclic amines) is 1. The number of hydrogen-bond donors (Lipinski definition) is 1. The third kappa shape index (κ3) is 2.64. The van der Waals surface area contributed by atoms with Crippen LogP contribution in [0.2, 0.25) is 0 Å². The highest BCUT2D eigenvalue weighted by atomic mass is 16.3. The second-order valence-corrected chi connectivity index (χ2v) is 6.31. The Morgan fingerprint density at radius 1 is 1.16 bits per heavy atom. The van der Waals surface area contributed by atoms with E-state index in [1.54, 1.807) is 0 Å². The van der Waals surface area contributed by atoms with Gasteiger partial charge in [0.25, 0.3) is 0 Å². The van der Waals surface area contributed by atoms with E-state index in [2.05, 4.69) is 17.0 Å². The van der Waals surface area contributed by atoms with E-state index in [1.165, 1.54) is 45.1 Å². The second-order valence-electron chi connectivity index (χ2n) is 6.31. The van der Waals surface area contributed by atoms with Gasteiger partial charge in [-0.2, -0.15) is 0 Å². The maximum Gasteiger partial charge on any atom is 0.122 e. The van der Waals surface area contributed by atoms with Gasteiger partial charge in [0.2, 0.25) is 0 Å². The van der Waals surface area contributed by atoms with Crippen molar-refractivity contribution < 1.29 is 5.11 Å². The summed E-state index contributed by atoms with van der Waals surface area (Å²) in [5.74, 6) is 1.41. The summed E-state index contributed by atoms with van der Waals surface area (Å²) >= 11 is 0. The van der Waals surface area contributed by atoms with Crippen molar-refractivity contribution in [1.82, 2.24) is 4.90 Å². The number of aromatic hydroxyl groups is 1. The SMILES string of the molecule is Cc1cccc(CN2CCCC3CCCCC32)c1O. The van der Waals surface area contributed by atoms with Crippen LogP contribution < -0.4 is 0 Å². The van der Waals surface area contributed by atoms with Crippen LogP contribution in [0, 0.1) is 12.8 Å². The minimum Gasteiger partial charge on any atom is -0.507 e. The standard InChI is InChI=1S/C17H25NO/c1-13-6-4-8-15(17(13)19)12-18-11-5-9-14-7-2-3-10-16(14)18/h4,6,8,14,16,19H,2-3,5,7,9-12H2,1H3. The molecule has 1 aliphatic carbocycles. The molecule has 0 radical (unpaired) electrons. The first-order chi connectivity index (χ1) is 9.25. The molecule has 3 rings (SSSR count). The highest BCUT2D eigenvalue weighted by molar-refractivity contribution is 5.39. The summed E-state index contributed by atoms with van der Waals surface area (Å²) in [6.07, 6.45) is 8.33. The lowest BCUT2D eigenvalue weighted by molar-refractivity contribution is 0.0541. The lowest BCUT2D eigenvalue weighted by Gasteiger charge is -2.44. The van der Waals surface area contributed by atoms with Crippen molar-refractivity contribution in [3.05, 3.63) is 29.3 Å². The van der Waals surface area contributed by atoms with E-state index in [9.17, 15) is 5.11 Å². The Kier molecular flexibility index (Phi) is 3.79. The molecule has 0 spiro atoms. The zero-order valence-corrected chi connectivity index (χ0v) is 11.9. The van der Waals surface area contributed by atoms with Crippen LogP contribution in [0.4, 0.5) is 0 Å². The maximum atomic E-state index is 10.2. The summed E-state index contributed by atoms with van der Waals surface area (Å²) < 4.78 is 0. The van der Waals surface area contributed by atoms with Crippen LogP contribution in [0.15, 0.2) is 18.2 Å². The summed E-state index contributed by atoms with van der Waals surface area (Å²) in [6, 6.07) is 6.89. The summed E-state index contributed by atoms with van der Waals surface area (Å²) in [6.45, 7) is 4.11. The third-order valence-electron chi connectivity index (χ3n) is 5.05. The number of hydrogen-bond acceptors (Lipinski definition) is 2. The smallest absolute Gasteiger partial charge is 0.122 e. The van der Waals surface area contributed by atoms with Gasteiger partial charge in [-0.15, -0.1) is 0 Å². The highest BCUT2D eigenvalue weighted by Crippen LogP contribution is 2.36. The number of phenolic OH excluding ortho intramolecular Hbond substituents is 1. The Morgan fingerprint density at radius 3 is 2.84 bits per heavy atom. The Balaban J connectivity index is 1.76. The van der Waals surface area contributed by atoms with Crippen LogP contribution in [0.25, 0.3) is 0 Å². The molecule has 1 saturated heterocycles. The first-order valence-electron chi connectivity index (χ1n) is 7.77. The van der Waals surface area contributed by atoms with Gasteiger partial charge in [0, 0.05) is 18.2 Å². The fourth-order valence-corrected chi connectivity index (χ4v) is 3.99. The fourth-order valence-electron chi connectivity index (χ4n) is 3.99. The minimum absolute atomic E-state index is 0.500. The molecule has 2 aliphatic rings. The Labute approximate surface area is 116 Å². The molecule has 1 N–H and O–H groups in total. The number of fused-ring (bicyclic) bond motifs is 1. The lowest BCUT2D eigenvalue weighted by atomic mass is 9.78. The third-order valence-corrected chi connectivity index (χ3v) is 5.05. The largest absolute Gasteiger partial charge is 0.507 e. The van der Waals surface area contributed by atoms with E-state index in [-0.39, 0.29) is 0 Å².